The van der Waals surface area contributed by atoms with Gasteiger partial charge in [-0.05, 0) is 63.1 Å². The van der Waals surface area contributed by atoms with E-state index in [9.17, 15) is 9.18 Å². The number of fused-ring (bicyclic) bond motifs is 1. The summed E-state index contributed by atoms with van der Waals surface area (Å²) in [6.07, 6.45) is 3.49. The van der Waals surface area contributed by atoms with Gasteiger partial charge in [-0.1, -0.05) is 18.6 Å². The van der Waals surface area contributed by atoms with Gasteiger partial charge < -0.3 is 27.2 Å². The molecule has 0 atom stereocenters. The minimum atomic E-state index is -0.730. The van der Waals surface area contributed by atoms with Gasteiger partial charge in [0.2, 0.25) is 5.95 Å². The van der Waals surface area contributed by atoms with Crippen LogP contribution in [-0.2, 0) is 4.79 Å². The summed E-state index contributed by atoms with van der Waals surface area (Å²) in [6.45, 7) is 7.49. The molecule has 3 aromatic heterocycles. The molecule has 9 nitrogen and oxygen atoms in total. The predicted molar refractivity (Wildman–Crippen MR) is 150 cm³/mol. The van der Waals surface area contributed by atoms with Crippen molar-refractivity contribution in [2.45, 2.75) is 34.1 Å². The van der Waals surface area contributed by atoms with E-state index in [0.29, 0.717) is 51.4 Å². The second-order valence-electron chi connectivity index (χ2n) is 8.88. The Morgan fingerprint density at radius 1 is 1.21 bits per heavy atom. The van der Waals surface area contributed by atoms with Crippen LogP contribution in [0, 0.1) is 18.3 Å². The lowest BCUT2D eigenvalue weighted by Crippen LogP contribution is -2.32. The summed E-state index contributed by atoms with van der Waals surface area (Å²) in [5, 5.41) is 12.9. The van der Waals surface area contributed by atoms with Crippen LogP contribution in [-0.4, -0.2) is 32.8 Å². The minimum absolute atomic E-state index is 0.0193. The number of nitrogen functional groups attached to an aromatic ring is 1. The third-order valence-electron chi connectivity index (χ3n) is 6.39. The fourth-order valence-electron chi connectivity index (χ4n) is 4.27. The SMILES string of the molecule is CC/C(C)=c1/c(=C(\N=C(C)c2cccnc2Nc2nc(F)ccc2C)C(N)=O)[nH]c2ccc(N)c(C=N)c12. The number of aromatic amines is 1. The summed E-state index contributed by atoms with van der Waals surface area (Å²) < 4.78 is 13.8. The van der Waals surface area contributed by atoms with Gasteiger partial charge in [0.05, 0.1) is 5.35 Å². The zero-order chi connectivity index (χ0) is 27.6. The van der Waals surface area contributed by atoms with Crippen LogP contribution in [0.5, 0.6) is 0 Å². The van der Waals surface area contributed by atoms with Gasteiger partial charge in [-0.2, -0.15) is 4.39 Å². The Morgan fingerprint density at radius 3 is 2.66 bits per heavy atom. The van der Waals surface area contributed by atoms with E-state index in [-0.39, 0.29) is 5.70 Å². The number of aliphatic imine (C=N–C) groups is 1. The van der Waals surface area contributed by atoms with Crippen LogP contribution in [0.2, 0.25) is 0 Å². The van der Waals surface area contributed by atoms with Crippen molar-refractivity contribution < 1.29 is 9.18 Å². The van der Waals surface area contributed by atoms with Crippen molar-refractivity contribution in [3.05, 3.63) is 75.8 Å². The van der Waals surface area contributed by atoms with Crippen LogP contribution in [0.4, 0.5) is 21.7 Å². The van der Waals surface area contributed by atoms with Crippen LogP contribution in [0.3, 0.4) is 0 Å². The molecular weight excluding hydrogens is 483 g/mol. The molecule has 1 aromatic carbocycles. The van der Waals surface area contributed by atoms with E-state index >= 15 is 0 Å². The van der Waals surface area contributed by atoms with E-state index in [1.165, 1.54) is 12.3 Å². The average molecular weight is 513 g/mol. The molecule has 0 saturated carbocycles. The summed E-state index contributed by atoms with van der Waals surface area (Å²) in [5.74, 6) is -0.638. The first-order chi connectivity index (χ1) is 18.2. The summed E-state index contributed by atoms with van der Waals surface area (Å²) in [7, 11) is 0. The average Bonchev–Trinajstić information content (AvgIpc) is 3.28. The molecule has 0 aliphatic heterocycles. The standard InChI is InChI=1S/C28H29FN8O/c1-5-14(2)22-23-18(13-30)19(31)9-10-20(23)35-24(22)25(26(32)38)34-16(4)17-7-6-12-33-28(17)37-27-15(3)8-11-21(29)36-27/h6-13,30,35H,5,31H2,1-4H3,(H2,32,38)(H,33,36,37)/b22-14+,25-24+,30-13?,34-16?. The first-order valence-electron chi connectivity index (χ1n) is 12.0. The Hall–Kier alpha value is -4.86. The predicted octanol–water partition coefficient (Wildman–Crippen LogP) is 3.41. The van der Waals surface area contributed by atoms with E-state index in [1.807, 2.05) is 13.8 Å². The summed E-state index contributed by atoms with van der Waals surface area (Å²) in [6, 6.07) is 9.93. The van der Waals surface area contributed by atoms with Gasteiger partial charge >= 0.3 is 0 Å². The van der Waals surface area contributed by atoms with Gasteiger partial charge in [0.25, 0.3) is 5.91 Å². The molecule has 4 aromatic rings. The Labute approximate surface area is 218 Å². The molecule has 38 heavy (non-hydrogen) atoms. The molecule has 0 fully saturated rings. The molecule has 10 heteroatoms. The Kier molecular flexibility index (Phi) is 7.33. The highest BCUT2D eigenvalue weighted by molar-refractivity contribution is 6.17. The van der Waals surface area contributed by atoms with Crippen LogP contribution in [0.1, 0.15) is 43.9 Å². The Morgan fingerprint density at radius 2 is 1.97 bits per heavy atom. The second kappa shape index (κ2) is 10.6. The number of amides is 1. The van der Waals surface area contributed by atoms with Gasteiger partial charge in [0.1, 0.15) is 11.6 Å². The molecule has 194 valence electrons. The van der Waals surface area contributed by atoms with E-state index < -0.39 is 11.9 Å². The number of rotatable bonds is 7. The number of carbonyl (C=O) groups is 1. The fraction of sp³-hybridized carbons (Fsp3) is 0.179. The first kappa shape index (κ1) is 26.2. The molecule has 0 aliphatic rings. The maximum atomic E-state index is 13.8. The molecule has 0 spiro atoms. The van der Waals surface area contributed by atoms with Crippen LogP contribution in [0.25, 0.3) is 22.2 Å². The highest BCUT2D eigenvalue weighted by Gasteiger charge is 2.17. The third-order valence-corrected chi connectivity index (χ3v) is 6.39. The molecule has 4 rings (SSSR count). The number of aromatic nitrogens is 3. The number of aryl methyl sites for hydroxylation is 1. The normalized spacial score (nSPS) is 13.3. The fourth-order valence-corrected chi connectivity index (χ4v) is 4.27. The number of benzene rings is 1. The van der Waals surface area contributed by atoms with Crippen LogP contribution >= 0.6 is 0 Å². The summed E-state index contributed by atoms with van der Waals surface area (Å²) >= 11 is 0. The topological polar surface area (TPSA) is 159 Å². The van der Waals surface area contributed by atoms with Gasteiger partial charge in [-0.15, -0.1) is 0 Å². The lowest BCUT2D eigenvalue weighted by atomic mass is 10.0. The van der Waals surface area contributed by atoms with Gasteiger partial charge in [-0.3, -0.25) is 4.79 Å². The molecule has 7 N–H and O–H groups in total. The van der Waals surface area contributed by atoms with Gasteiger partial charge in [0.15, 0.2) is 5.70 Å². The van der Waals surface area contributed by atoms with E-state index in [4.69, 9.17) is 16.9 Å². The smallest absolute Gasteiger partial charge is 0.269 e. The monoisotopic (exact) mass is 512 g/mol. The largest absolute Gasteiger partial charge is 0.398 e. The Balaban J connectivity index is 2.00. The lowest BCUT2D eigenvalue weighted by molar-refractivity contribution is -0.113. The zero-order valence-corrected chi connectivity index (χ0v) is 21.6. The number of carbonyl (C=O) groups excluding carboxylic acids is 1. The van der Waals surface area contributed by atoms with Crippen molar-refractivity contribution in [3.63, 3.8) is 0 Å². The van der Waals surface area contributed by atoms with E-state index in [2.05, 4.69) is 25.3 Å². The van der Waals surface area contributed by atoms with Crippen molar-refractivity contribution in [1.82, 2.24) is 15.0 Å². The summed E-state index contributed by atoms with van der Waals surface area (Å²) in [4.78, 5) is 29.0. The van der Waals surface area contributed by atoms with Gasteiger partial charge in [0, 0.05) is 51.1 Å². The molecule has 0 saturated heterocycles. The molecule has 0 radical (unpaired) electrons. The second-order valence-corrected chi connectivity index (χ2v) is 8.88. The number of H-pyrrole nitrogens is 1. The molecule has 3 heterocycles. The number of primary amides is 1. The number of nitrogens with one attached hydrogen (secondary N) is 3. The highest BCUT2D eigenvalue weighted by atomic mass is 19.1. The van der Waals surface area contributed by atoms with Crippen molar-refractivity contribution >= 4 is 57.3 Å². The van der Waals surface area contributed by atoms with Crippen molar-refractivity contribution in [2.75, 3.05) is 11.1 Å². The zero-order valence-electron chi connectivity index (χ0n) is 21.6. The van der Waals surface area contributed by atoms with E-state index in [0.717, 1.165) is 21.7 Å². The van der Waals surface area contributed by atoms with Crippen molar-refractivity contribution in [1.29, 1.82) is 5.41 Å². The number of pyridine rings is 2. The van der Waals surface area contributed by atoms with Crippen molar-refractivity contribution in [3.8, 4) is 0 Å². The number of anilines is 3. The third kappa shape index (κ3) is 4.88. The summed E-state index contributed by atoms with van der Waals surface area (Å²) in [5.41, 5.74) is 16.5. The Bertz CT molecular complexity index is 1740. The minimum Gasteiger partial charge on any atom is -0.398 e. The first-order valence-corrected chi connectivity index (χ1v) is 12.0. The molecule has 1 amide bonds. The quantitative estimate of drug-likeness (QED) is 0.146. The maximum Gasteiger partial charge on any atom is 0.269 e. The maximum absolute atomic E-state index is 13.8. The van der Waals surface area contributed by atoms with Crippen LogP contribution in [0.15, 0.2) is 47.6 Å². The molecular formula is C28H29FN8O. The number of halogens is 1. The van der Waals surface area contributed by atoms with E-state index in [1.54, 1.807) is 50.4 Å². The van der Waals surface area contributed by atoms with Crippen LogP contribution < -0.4 is 27.4 Å². The number of nitrogens with zero attached hydrogens (tertiary/aromatic N) is 3. The molecule has 0 bridgehead atoms. The van der Waals surface area contributed by atoms with Gasteiger partial charge in [-0.25, -0.2) is 15.0 Å². The number of hydrogen-bond acceptors (Lipinski definition) is 7. The molecule has 0 aliphatic carbocycles. The number of hydrogen-bond donors (Lipinski definition) is 5. The number of nitrogens with two attached hydrogens (primary N) is 2. The lowest BCUT2D eigenvalue weighted by Gasteiger charge is -2.12. The highest BCUT2D eigenvalue weighted by Crippen LogP contribution is 2.22. The molecule has 0 unspecified atom stereocenters. The van der Waals surface area contributed by atoms with Crippen molar-refractivity contribution in [2.24, 2.45) is 10.7 Å².